The second-order valence-corrected chi connectivity index (χ2v) is 7.75. The van der Waals surface area contributed by atoms with Crippen molar-refractivity contribution in [3.63, 3.8) is 0 Å². The Hall–Kier alpha value is -1.99. The van der Waals surface area contributed by atoms with Gasteiger partial charge < -0.3 is 10.1 Å². The number of halogens is 3. The molecule has 144 valence electrons. The summed E-state index contributed by atoms with van der Waals surface area (Å²) in [5, 5.41) is 2.70. The largest absolute Gasteiger partial charge is 0.444 e. The molecule has 0 fully saturated rings. The van der Waals surface area contributed by atoms with E-state index in [1.54, 1.807) is 32.9 Å². The van der Waals surface area contributed by atoms with E-state index in [1.165, 1.54) is 18.2 Å². The summed E-state index contributed by atoms with van der Waals surface area (Å²) in [6.07, 6.45) is -0.570. The number of carbonyl (C=O) groups is 2. The number of pyridine rings is 1. The summed E-state index contributed by atoms with van der Waals surface area (Å²) in [6.45, 7) is 5.44. The molecule has 27 heavy (non-hydrogen) atoms. The molecule has 0 saturated heterocycles. The highest BCUT2D eigenvalue weighted by atomic mass is 79.9. The van der Waals surface area contributed by atoms with Crippen LogP contribution in [-0.4, -0.2) is 27.8 Å². The van der Waals surface area contributed by atoms with Gasteiger partial charge in [-0.15, -0.1) is 0 Å². The lowest BCUT2D eigenvalue weighted by Crippen LogP contribution is -2.32. The van der Waals surface area contributed by atoms with Crippen LogP contribution in [0.15, 0.2) is 30.3 Å². The van der Waals surface area contributed by atoms with Crippen molar-refractivity contribution < 1.29 is 18.7 Å². The third kappa shape index (κ3) is 6.29. The first-order chi connectivity index (χ1) is 12.6. The third-order valence-corrected chi connectivity index (χ3v) is 4.14. The van der Waals surface area contributed by atoms with Crippen LogP contribution in [0.4, 0.5) is 9.18 Å². The number of nitrogens with zero attached hydrogens (tertiary/aromatic N) is 1. The molecule has 5 nitrogen and oxygen atoms in total. The Bertz CT molecular complexity index is 869. The molecule has 0 atom stereocenters. The van der Waals surface area contributed by atoms with Gasteiger partial charge in [0.25, 0.3) is 0 Å². The van der Waals surface area contributed by atoms with Crippen molar-refractivity contribution in [1.82, 2.24) is 10.3 Å². The van der Waals surface area contributed by atoms with Crippen molar-refractivity contribution in [2.45, 2.75) is 32.9 Å². The van der Waals surface area contributed by atoms with E-state index in [-0.39, 0.29) is 28.4 Å². The second-order valence-electron chi connectivity index (χ2n) is 6.79. The lowest BCUT2D eigenvalue weighted by Gasteiger charge is -2.19. The van der Waals surface area contributed by atoms with Crippen molar-refractivity contribution in [2.24, 2.45) is 0 Å². The minimum absolute atomic E-state index is 0.0417. The van der Waals surface area contributed by atoms with Crippen LogP contribution in [-0.2, 0) is 11.3 Å². The van der Waals surface area contributed by atoms with Crippen LogP contribution in [0.5, 0.6) is 0 Å². The zero-order valence-electron chi connectivity index (χ0n) is 15.1. The van der Waals surface area contributed by atoms with Gasteiger partial charge in [-0.25, -0.2) is 14.2 Å². The zero-order chi connectivity index (χ0) is 20.2. The van der Waals surface area contributed by atoms with E-state index >= 15 is 0 Å². The monoisotopic (exact) mass is 456 g/mol. The Morgan fingerprint density at radius 3 is 2.56 bits per heavy atom. The summed E-state index contributed by atoms with van der Waals surface area (Å²) >= 11 is 8.97. The van der Waals surface area contributed by atoms with Crippen LogP contribution >= 0.6 is 27.5 Å². The smallest absolute Gasteiger partial charge is 0.407 e. The van der Waals surface area contributed by atoms with E-state index in [9.17, 15) is 14.0 Å². The Balaban J connectivity index is 2.32. The van der Waals surface area contributed by atoms with Gasteiger partial charge in [0.05, 0.1) is 16.0 Å². The topological polar surface area (TPSA) is 68.3 Å². The van der Waals surface area contributed by atoms with E-state index in [0.29, 0.717) is 16.8 Å². The highest BCUT2D eigenvalue weighted by Gasteiger charge is 2.17. The molecule has 1 amide bonds. The molecule has 2 rings (SSSR count). The number of hydrogen-bond acceptors (Lipinski definition) is 4. The highest BCUT2D eigenvalue weighted by Crippen LogP contribution is 2.25. The average molecular weight is 458 g/mol. The number of benzene rings is 1. The second kappa shape index (κ2) is 8.80. The van der Waals surface area contributed by atoms with Crippen LogP contribution in [0.1, 0.15) is 36.8 Å². The fraction of sp³-hybridized carbons (Fsp3) is 0.316. The van der Waals surface area contributed by atoms with Gasteiger partial charge in [-0.1, -0.05) is 27.5 Å². The fourth-order valence-corrected chi connectivity index (χ4v) is 2.66. The molecule has 8 heteroatoms. The van der Waals surface area contributed by atoms with Gasteiger partial charge >= 0.3 is 6.09 Å². The number of alkyl halides is 1. The van der Waals surface area contributed by atoms with Crippen LogP contribution in [0, 0.1) is 5.82 Å². The molecule has 0 saturated carbocycles. The van der Waals surface area contributed by atoms with Crippen LogP contribution in [0.2, 0.25) is 5.02 Å². The maximum absolute atomic E-state index is 13.4. The Kier molecular flexibility index (Phi) is 6.95. The van der Waals surface area contributed by atoms with E-state index in [2.05, 4.69) is 26.2 Å². The maximum atomic E-state index is 13.4. The first-order valence-corrected chi connectivity index (χ1v) is 9.61. The summed E-state index contributed by atoms with van der Waals surface area (Å²) in [5.41, 5.74) is 1.27. The lowest BCUT2D eigenvalue weighted by atomic mass is 10.1. The molecule has 2 aromatic rings. The number of ether oxygens (including phenoxy) is 1. The number of ketones is 1. The Morgan fingerprint density at radius 2 is 1.96 bits per heavy atom. The predicted octanol–water partition coefficient (Wildman–Crippen LogP) is 5.14. The van der Waals surface area contributed by atoms with Crippen molar-refractivity contribution >= 4 is 39.4 Å². The predicted molar refractivity (Wildman–Crippen MR) is 106 cm³/mol. The molecule has 0 spiro atoms. The van der Waals surface area contributed by atoms with Gasteiger partial charge in [-0.3, -0.25) is 4.79 Å². The van der Waals surface area contributed by atoms with Crippen molar-refractivity contribution in [2.75, 3.05) is 5.33 Å². The molecule has 1 aromatic heterocycles. The normalized spacial score (nSPS) is 11.2. The Labute approximate surface area is 170 Å². The van der Waals surface area contributed by atoms with E-state index in [1.807, 2.05) is 0 Å². The van der Waals surface area contributed by atoms with Crippen molar-refractivity contribution in [1.29, 1.82) is 0 Å². The van der Waals surface area contributed by atoms with E-state index in [4.69, 9.17) is 16.3 Å². The van der Waals surface area contributed by atoms with Crippen molar-refractivity contribution in [3.8, 4) is 11.3 Å². The highest BCUT2D eigenvalue weighted by molar-refractivity contribution is 9.09. The number of rotatable bonds is 5. The molecule has 0 unspecified atom stereocenters. The van der Waals surface area contributed by atoms with Crippen LogP contribution in [0.3, 0.4) is 0 Å². The molecular formula is C19H19BrClFN2O3. The average Bonchev–Trinajstić information content (AvgIpc) is 2.60. The van der Waals surface area contributed by atoms with Crippen LogP contribution < -0.4 is 5.32 Å². The quantitative estimate of drug-likeness (QED) is 0.498. The molecule has 0 aliphatic heterocycles. The summed E-state index contributed by atoms with van der Waals surface area (Å²) in [6, 6.07) is 7.49. The standard InChI is InChI=1S/C19H19BrClFN2O3/c1-19(2,3)27-18(26)23-10-11-6-15(24-16(7-11)17(25)9-20)12-4-5-14(22)13(21)8-12/h4-8H,9-10H2,1-3H3,(H,23,26). The van der Waals surface area contributed by atoms with Gasteiger partial charge in [0.15, 0.2) is 5.78 Å². The first-order valence-electron chi connectivity index (χ1n) is 8.11. The number of alkyl carbamates (subject to hydrolysis) is 1. The molecule has 0 bridgehead atoms. The maximum Gasteiger partial charge on any atom is 0.407 e. The summed E-state index contributed by atoms with van der Waals surface area (Å²) in [5.74, 6) is -0.761. The number of amides is 1. The molecule has 0 aliphatic rings. The molecule has 1 aromatic carbocycles. The van der Waals surface area contributed by atoms with Gasteiger partial charge in [0, 0.05) is 12.1 Å². The summed E-state index contributed by atoms with van der Waals surface area (Å²) in [4.78, 5) is 28.3. The van der Waals surface area contributed by atoms with E-state index in [0.717, 1.165) is 0 Å². The third-order valence-electron chi connectivity index (χ3n) is 3.34. The van der Waals surface area contributed by atoms with Gasteiger partial charge in [0.2, 0.25) is 0 Å². The number of carbonyl (C=O) groups excluding carboxylic acids is 2. The summed E-state index contributed by atoms with van der Waals surface area (Å²) < 4.78 is 18.6. The minimum Gasteiger partial charge on any atom is -0.444 e. The minimum atomic E-state index is -0.616. The molecule has 1 heterocycles. The van der Waals surface area contributed by atoms with Crippen LogP contribution in [0.25, 0.3) is 11.3 Å². The zero-order valence-corrected chi connectivity index (χ0v) is 17.4. The van der Waals surface area contributed by atoms with Gasteiger partial charge in [-0.05, 0) is 56.7 Å². The molecule has 0 radical (unpaired) electrons. The molecular weight excluding hydrogens is 439 g/mol. The van der Waals surface area contributed by atoms with Gasteiger partial charge in [0.1, 0.15) is 17.1 Å². The fourth-order valence-electron chi connectivity index (χ4n) is 2.19. The number of nitrogens with one attached hydrogen (secondary N) is 1. The number of hydrogen-bond donors (Lipinski definition) is 1. The molecule has 1 N–H and O–H groups in total. The molecule has 0 aliphatic carbocycles. The summed E-state index contributed by atoms with van der Waals surface area (Å²) in [7, 11) is 0. The first kappa shape index (κ1) is 21.3. The van der Waals surface area contributed by atoms with Crippen molar-refractivity contribution in [3.05, 3.63) is 52.4 Å². The lowest BCUT2D eigenvalue weighted by molar-refractivity contribution is 0.0523. The van der Waals surface area contributed by atoms with E-state index < -0.39 is 17.5 Å². The SMILES string of the molecule is CC(C)(C)OC(=O)NCc1cc(C(=O)CBr)nc(-c2ccc(F)c(Cl)c2)c1. The Morgan fingerprint density at radius 1 is 1.26 bits per heavy atom. The number of aromatic nitrogens is 1. The van der Waals surface area contributed by atoms with Gasteiger partial charge in [-0.2, -0.15) is 0 Å². The number of Topliss-reactive ketones (excluding diaryl/α,β-unsaturated/α-hetero) is 1.